The Morgan fingerprint density at radius 3 is 2.47 bits per heavy atom. The van der Waals surface area contributed by atoms with Gasteiger partial charge in [-0.1, -0.05) is 24.3 Å². The highest BCUT2D eigenvalue weighted by atomic mass is 16.5. The average Bonchev–Trinajstić information content (AvgIpc) is 2.87. The molecule has 1 aromatic carbocycles. The van der Waals surface area contributed by atoms with E-state index in [1.165, 1.54) is 11.1 Å². The number of benzene rings is 1. The highest BCUT2D eigenvalue weighted by molar-refractivity contribution is 5.77. The summed E-state index contributed by atoms with van der Waals surface area (Å²) in [7, 11) is 3.47. The van der Waals surface area contributed by atoms with Crippen molar-refractivity contribution in [3.63, 3.8) is 0 Å². The minimum Gasteiger partial charge on any atom is -0.380 e. The first kappa shape index (κ1) is 14.0. The lowest BCUT2D eigenvalue weighted by Gasteiger charge is -2.26. The van der Waals surface area contributed by atoms with E-state index in [1.54, 1.807) is 7.11 Å². The van der Waals surface area contributed by atoms with Crippen molar-refractivity contribution in [2.24, 2.45) is 5.73 Å². The van der Waals surface area contributed by atoms with Crippen molar-refractivity contribution in [3.05, 3.63) is 35.4 Å². The van der Waals surface area contributed by atoms with Crippen LogP contribution in [0, 0.1) is 0 Å². The molecule has 19 heavy (non-hydrogen) atoms. The third-order valence-corrected chi connectivity index (χ3v) is 3.97. The number of likely N-dealkylation sites (N-methyl/N-ethyl adjacent to an activating group) is 1. The van der Waals surface area contributed by atoms with Gasteiger partial charge in [-0.25, -0.2) is 0 Å². The van der Waals surface area contributed by atoms with Gasteiger partial charge < -0.3 is 15.4 Å². The number of nitrogens with zero attached hydrogens (tertiary/aromatic N) is 1. The standard InChI is InChI=1S/C15H22N2O2/c1-17(15(18)9-14(10-16)19-2)13-7-11-5-3-4-6-12(11)8-13/h3-6,13-14H,7-10,16H2,1-2H3. The lowest BCUT2D eigenvalue weighted by atomic mass is 10.1. The van der Waals surface area contributed by atoms with Crippen molar-refractivity contribution in [2.45, 2.75) is 31.4 Å². The lowest BCUT2D eigenvalue weighted by Crippen LogP contribution is -2.40. The van der Waals surface area contributed by atoms with Crippen LogP contribution in [0.2, 0.25) is 0 Å². The molecular formula is C15H22N2O2. The van der Waals surface area contributed by atoms with E-state index in [2.05, 4.69) is 24.3 Å². The maximum Gasteiger partial charge on any atom is 0.225 e. The van der Waals surface area contributed by atoms with E-state index in [0.717, 1.165) is 12.8 Å². The van der Waals surface area contributed by atoms with Crippen LogP contribution in [0.5, 0.6) is 0 Å². The molecular weight excluding hydrogens is 240 g/mol. The van der Waals surface area contributed by atoms with Crippen LogP contribution in [-0.2, 0) is 22.4 Å². The summed E-state index contributed by atoms with van der Waals surface area (Å²) in [4.78, 5) is 14.0. The molecule has 2 rings (SSSR count). The smallest absolute Gasteiger partial charge is 0.225 e. The highest BCUT2D eigenvalue weighted by Crippen LogP contribution is 2.25. The maximum absolute atomic E-state index is 12.2. The van der Waals surface area contributed by atoms with Gasteiger partial charge in [-0.05, 0) is 24.0 Å². The van der Waals surface area contributed by atoms with E-state index in [0.29, 0.717) is 13.0 Å². The summed E-state index contributed by atoms with van der Waals surface area (Å²) in [5.74, 6) is 0.107. The number of rotatable bonds is 5. The summed E-state index contributed by atoms with van der Waals surface area (Å²) < 4.78 is 5.17. The Balaban J connectivity index is 1.95. The summed E-state index contributed by atoms with van der Waals surface area (Å²) in [5, 5.41) is 0. The fourth-order valence-corrected chi connectivity index (χ4v) is 2.61. The Morgan fingerprint density at radius 2 is 2.00 bits per heavy atom. The van der Waals surface area contributed by atoms with Gasteiger partial charge in [0.25, 0.3) is 0 Å². The quantitative estimate of drug-likeness (QED) is 0.860. The molecule has 0 aliphatic heterocycles. The van der Waals surface area contributed by atoms with Gasteiger partial charge in [0, 0.05) is 26.7 Å². The van der Waals surface area contributed by atoms with Crippen LogP contribution >= 0.6 is 0 Å². The van der Waals surface area contributed by atoms with Crippen LogP contribution < -0.4 is 5.73 Å². The number of fused-ring (bicyclic) bond motifs is 1. The molecule has 1 atom stereocenters. The van der Waals surface area contributed by atoms with Crippen LogP contribution in [0.4, 0.5) is 0 Å². The molecule has 4 heteroatoms. The molecule has 0 radical (unpaired) electrons. The number of amides is 1. The van der Waals surface area contributed by atoms with Crippen molar-refractivity contribution in [2.75, 3.05) is 20.7 Å². The molecule has 1 aliphatic rings. The van der Waals surface area contributed by atoms with Gasteiger partial charge >= 0.3 is 0 Å². The first-order chi connectivity index (χ1) is 9.15. The van der Waals surface area contributed by atoms with Crippen molar-refractivity contribution in [3.8, 4) is 0 Å². The normalized spacial score (nSPS) is 16.2. The van der Waals surface area contributed by atoms with Crippen LogP contribution in [-0.4, -0.2) is 43.7 Å². The van der Waals surface area contributed by atoms with Crippen molar-refractivity contribution >= 4 is 5.91 Å². The molecule has 1 amide bonds. The molecule has 0 spiro atoms. The fraction of sp³-hybridized carbons (Fsp3) is 0.533. The Morgan fingerprint density at radius 1 is 1.42 bits per heavy atom. The monoisotopic (exact) mass is 262 g/mol. The Labute approximate surface area is 114 Å². The number of carbonyl (C=O) groups is 1. The molecule has 0 bridgehead atoms. The summed E-state index contributed by atoms with van der Waals surface area (Å²) in [6, 6.07) is 8.66. The van der Waals surface area contributed by atoms with E-state index in [-0.39, 0.29) is 18.1 Å². The molecule has 1 aromatic rings. The van der Waals surface area contributed by atoms with E-state index in [1.807, 2.05) is 11.9 Å². The molecule has 0 heterocycles. The van der Waals surface area contributed by atoms with Crippen LogP contribution in [0.25, 0.3) is 0 Å². The fourth-order valence-electron chi connectivity index (χ4n) is 2.61. The van der Waals surface area contributed by atoms with Crippen molar-refractivity contribution in [1.82, 2.24) is 4.90 Å². The third-order valence-electron chi connectivity index (χ3n) is 3.97. The number of nitrogens with two attached hydrogens (primary N) is 1. The van der Waals surface area contributed by atoms with Gasteiger partial charge in [0.1, 0.15) is 0 Å². The van der Waals surface area contributed by atoms with Crippen LogP contribution in [0.3, 0.4) is 0 Å². The minimum absolute atomic E-state index is 0.107. The number of methoxy groups -OCH3 is 1. The SMILES string of the molecule is COC(CN)CC(=O)N(C)C1Cc2ccccc2C1. The van der Waals surface area contributed by atoms with E-state index >= 15 is 0 Å². The molecule has 4 nitrogen and oxygen atoms in total. The summed E-state index contributed by atoms with van der Waals surface area (Å²) in [5.41, 5.74) is 8.27. The van der Waals surface area contributed by atoms with Gasteiger partial charge in [0.05, 0.1) is 12.5 Å². The molecule has 0 saturated heterocycles. The van der Waals surface area contributed by atoms with Gasteiger partial charge in [0.2, 0.25) is 5.91 Å². The molecule has 1 aliphatic carbocycles. The topological polar surface area (TPSA) is 55.6 Å². The average molecular weight is 262 g/mol. The second-order valence-corrected chi connectivity index (χ2v) is 5.13. The van der Waals surface area contributed by atoms with Gasteiger partial charge in [-0.3, -0.25) is 4.79 Å². The molecule has 0 fully saturated rings. The highest BCUT2D eigenvalue weighted by Gasteiger charge is 2.28. The minimum atomic E-state index is -0.182. The van der Waals surface area contributed by atoms with E-state index < -0.39 is 0 Å². The first-order valence-corrected chi connectivity index (χ1v) is 6.71. The second-order valence-electron chi connectivity index (χ2n) is 5.13. The summed E-state index contributed by atoms with van der Waals surface area (Å²) in [6.45, 7) is 0.376. The van der Waals surface area contributed by atoms with Crippen LogP contribution in [0.1, 0.15) is 17.5 Å². The lowest BCUT2D eigenvalue weighted by molar-refractivity contribution is -0.134. The largest absolute Gasteiger partial charge is 0.380 e. The third kappa shape index (κ3) is 3.14. The number of hydrogen-bond donors (Lipinski definition) is 1. The zero-order valence-corrected chi connectivity index (χ0v) is 11.6. The maximum atomic E-state index is 12.2. The summed E-state index contributed by atoms with van der Waals surface area (Å²) >= 11 is 0. The van der Waals surface area contributed by atoms with Crippen molar-refractivity contribution < 1.29 is 9.53 Å². The van der Waals surface area contributed by atoms with E-state index in [4.69, 9.17) is 10.5 Å². The zero-order chi connectivity index (χ0) is 13.8. The van der Waals surface area contributed by atoms with E-state index in [9.17, 15) is 4.79 Å². The molecule has 0 aromatic heterocycles. The van der Waals surface area contributed by atoms with Crippen molar-refractivity contribution in [1.29, 1.82) is 0 Å². The second kappa shape index (κ2) is 6.17. The Bertz CT molecular complexity index is 419. The van der Waals surface area contributed by atoms with Crippen LogP contribution in [0.15, 0.2) is 24.3 Å². The van der Waals surface area contributed by atoms with Gasteiger partial charge in [-0.2, -0.15) is 0 Å². The number of ether oxygens (including phenoxy) is 1. The van der Waals surface area contributed by atoms with Gasteiger partial charge in [0.15, 0.2) is 0 Å². The molecule has 104 valence electrons. The predicted octanol–water partition coefficient (Wildman–Crippen LogP) is 0.976. The van der Waals surface area contributed by atoms with Gasteiger partial charge in [-0.15, -0.1) is 0 Å². The molecule has 1 unspecified atom stereocenters. The predicted molar refractivity (Wildman–Crippen MR) is 74.9 cm³/mol. The number of hydrogen-bond acceptors (Lipinski definition) is 3. The Kier molecular flexibility index (Phi) is 4.56. The Hall–Kier alpha value is -1.39. The molecule has 2 N–H and O–H groups in total. The summed E-state index contributed by atoms with van der Waals surface area (Å²) in [6.07, 6.45) is 2.06. The molecule has 0 saturated carbocycles. The first-order valence-electron chi connectivity index (χ1n) is 6.71. The zero-order valence-electron chi connectivity index (χ0n) is 11.6. The number of carbonyl (C=O) groups excluding carboxylic acids is 1.